The van der Waals surface area contributed by atoms with E-state index in [9.17, 15) is 0 Å². The predicted molar refractivity (Wildman–Crippen MR) is 97.3 cm³/mol. The average Bonchev–Trinajstić information content (AvgIpc) is 2.36. The van der Waals surface area contributed by atoms with E-state index in [1.165, 1.54) is 0 Å². The molecule has 0 aliphatic heterocycles. The van der Waals surface area contributed by atoms with Crippen LogP contribution < -0.4 is 11.1 Å². The molecule has 3 N–H and O–H groups in total. The van der Waals surface area contributed by atoms with Crippen LogP contribution in [0.5, 0.6) is 0 Å². The molecule has 0 saturated heterocycles. The Morgan fingerprint density at radius 2 is 1.90 bits per heavy atom. The highest BCUT2D eigenvalue weighted by molar-refractivity contribution is 14.1. The summed E-state index contributed by atoms with van der Waals surface area (Å²) in [6.07, 6.45) is 0. The molecule has 6 heteroatoms. The van der Waals surface area contributed by atoms with Gasteiger partial charge >= 0.3 is 0 Å². The van der Waals surface area contributed by atoms with Gasteiger partial charge in [0.05, 0.1) is 5.69 Å². The summed E-state index contributed by atoms with van der Waals surface area (Å²) in [6.45, 7) is 8.10. The first-order valence-electron chi connectivity index (χ1n) is 6.55. The van der Waals surface area contributed by atoms with Gasteiger partial charge in [0, 0.05) is 19.6 Å². The molecule has 112 valence electrons. The Kier molecular flexibility index (Phi) is 4.63. The Labute approximate surface area is 143 Å². The molecule has 0 aliphatic rings. The molecule has 0 unspecified atom stereocenters. The molecule has 21 heavy (non-hydrogen) atoms. The summed E-state index contributed by atoms with van der Waals surface area (Å²) in [4.78, 5) is 9.01. The average molecular weight is 417 g/mol. The van der Waals surface area contributed by atoms with Crippen LogP contribution >= 0.6 is 34.2 Å². The molecule has 1 aromatic carbocycles. The van der Waals surface area contributed by atoms with Crippen molar-refractivity contribution in [2.24, 2.45) is 0 Å². The zero-order valence-corrected chi connectivity index (χ0v) is 15.4. The van der Waals surface area contributed by atoms with Gasteiger partial charge in [-0.25, -0.2) is 9.97 Å². The predicted octanol–water partition coefficient (Wildman–Crippen LogP) is 4.67. The summed E-state index contributed by atoms with van der Waals surface area (Å²) < 4.78 is 1.02. The first kappa shape index (κ1) is 16.3. The fourth-order valence-electron chi connectivity index (χ4n) is 1.71. The number of nitrogens with two attached hydrogens (primary N) is 1. The van der Waals surface area contributed by atoms with Gasteiger partial charge in [-0.15, -0.1) is 0 Å². The Morgan fingerprint density at radius 3 is 2.48 bits per heavy atom. The molecular weight excluding hydrogens is 399 g/mol. The maximum Gasteiger partial charge on any atom is 0.139 e. The van der Waals surface area contributed by atoms with Gasteiger partial charge in [0.2, 0.25) is 0 Å². The molecule has 0 atom stereocenters. The number of hydrogen-bond acceptors (Lipinski definition) is 4. The number of halogens is 2. The van der Waals surface area contributed by atoms with Crippen LogP contribution in [0, 0.1) is 10.5 Å². The van der Waals surface area contributed by atoms with Crippen molar-refractivity contribution in [2.75, 3.05) is 11.1 Å². The van der Waals surface area contributed by atoms with Gasteiger partial charge in [0.25, 0.3) is 0 Å². The molecule has 0 bridgehead atoms. The maximum absolute atomic E-state index is 6.02. The van der Waals surface area contributed by atoms with Gasteiger partial charge in [0.1, 0.15) is 17.5 Å². The Hall–Kier alpha value is -1.08. The first-order valence-corrected chi connectivity index (χ1v) is 8.01. The Morgan fingerprint density at radius 1 is 1.24 bits per heavy atom. The summed E-state index contributed by atoms with van der Waals surface area (Å²) in [5.41, 5.74) is 7.65. The first-order chi connectivity index (χ1) is 9.68. The van der Waals surface area contributed by atoms with Gasteiger partial charge in [0.15, 0.2) is 0 Å². The number of rotatable bonds is 2. The van der Waals surface area contributed by atoms with Crippen LogP contribution in [0.3, 0.4) is 0 Å². The van der Waals surface area contributed by atoms with Crippen LogP contribution in [0.1, 0.15) is 32.2 Å². The molecule has 2 rings (SSSR count). The van der Waals surface area contributed by atoms with Gasteiger partial charge in [-0.05, 0) is 47.7 Å². The number of anilines is 3. The van der Waals surface area contributed by atoms with Crippen LogP contribution in [0.15, 0.2) is 18.2 Å². The van der Waals surface area contributed by atoms with E-state index in [1.807, 2.05) is 25.1 Å². The minimum atomic E-state index is -0.161. The highest BCUT2D eigenvalue weighted by Gasteiger charge is 2.20. The summed E-state index contributed by atoms with van der Waals surface area (Å²) in [5, 5.41) is 4.03. The highest BCUT2D eigenvalue weighted by Crippen LogP contribution is 2.29. The molecule has 0 radical (unpaired) electrons. The minimum absolute atomic E-state index is 0.161. The van der Waals surface area contributed by atoms with Crippen molar-refractivity contribution >= 4 is 51.5 Å². The molecule has 1 heterocycles. The lowest BCUT2D eigenvalue weighted by molar-refractivity contribution is 0.546. The van der Waals surface area contributed by atoms with E-state index in [4.69, 9.17) is 17.3 Å². The lowest BCUT2D eigenvalue weighted by Crippen LogP contribution is -2.19. The maximum atomic E-state index is 6.02. The van der Waals surface area contributed by atoms with Crippen molar-refractivity contribution in [3.05, 3.63) is 38.2 Å². The van der Waals surface area contributed by atoms with E-state index in [2.05, 4.69) is 58.6 Å². The van der Waals surface area contributed by atoms with Gasteiger partial charge < -0.3 is 11.1 Å². The number of nitrogens with one attached hydrogen (secondary N) is 1. The molecule has 0 spiro atoms. The standard InChI is InChI=1S/C15H18ClIN4/c1-8-12(18)20-14(15(2,3)4)21-13(8)19-11-6-5-9(16)7-10(11)17/h5-7H,1-4H3,(H3,18,19,20,21). The monoisotopic (exact) mass is 416 g/mol. The van der Waals surface area contributed by atoms with Crippen LogP contribution in [0.4, 0.5) is 17.3 Å². The second-order valence-corrected chi connectivity index (χ2v) is 7.50. The number of aromatic nitrogens is 2. The minimum Gasteiger partial charge on any atom is -0.383 e. The topological polar surface area (TPSA) is 63.8 Å². The number of nitrogens with zero attached hydrogens (tertiary/aromatic N) is 2. The third-order valence-corrected chi connectivity index (χ3v) is 4.17. The summed E-state index contributed by atoms with van der Waals surface area (Å²) >= 11 is 8.22. The van der Waals surface area contributed by atoms with Crippen molar-refractivity contribution in [3.63, 3.8) is 0 Å². The van der Waals surface area contributed by atoms with Crippen LogP contribution in [0.25, 0.3) is 0 Å². The number of benzene rings is 1. The second kappa shape index (κ2) is 5.96. The summed E-state index contributed by atoms with van der Waals surface area (Å²) in [5.74, 6) is 1.95. The third kappa shape index (κ3) is 3.77. The molecule has 4 nitrogen and oxygen atoms in total. The third-order valence-electron chi connectivity index (χ3n) is 3.04. The van der Waals surface area contributed by atoms with Crippen LogP contribution in [0.2, 0.25) is 5.02 Å². The number of hydrogen-bond donors (Lipinski definition) is 2. The highest BCUT2D eigenvalue weighted by atomic mass is 127. The molecule has 0 aliphatic carbocycles. The quantitative estimate of drug-likeness (QED) is 0.699. The fourth-order valence-corrected chi connectivity index (χ4v) is 2.72. The smallest absolute Gasteiger partial charge is 0.139 e. The Balaban J connectivity index is 2.46. The summed E-state index contributed by atoms with van der Waals surface area (Å²) in [7, 11) is 0. The van der Waals surface area contributed by atoms with Gasteiger partial charge in [-0.1, -0.05) is 32.4 Å². The zero-order chi connectivity index (χ0) is 15.8. The second-order valence-electron chi connectivity index (χ2n) is 5.91. The van der Waals surface area contributed by atoms with E-state index >= 15 is 0 Å². The van der Waals surface area contributed by atoms with E-state index in [0.717, 1.165) is 26.5 Å². The molecule has 1 aromatic heterocycles. The SMILES string of the molecule is Cc1c(N)nc(C(C)(C)C)nc1Nc1ccc(Cl)cc1I. The molecule has 0 saturated carbocycles. The number of nitrogen functional groups attached to an aromatic ring is 1. The van der Waals surface area contributed by atoms with Crippen molar-refractivity contribution in [1.29, 1.82) is 0 Å². The van der Waals surface area contributed by atoms with E-state index in [1.54, 1.807) is 0 Å². The zero-order valence-electron chi connectivity index (χ0n) is 12.5. The van der Waals surface area contributed by atoms with Crippen molar-refractivity contribution in [3.8, 4) is 0 Å². The largest absolute Gasteiger partial charge is 0.383 e. The Bertz CT molecular complexity index is 680. The van der Waals surface area contributed by atoms with Crippen molar-refractivity contribution < 1.29 is 0 Å². The van der Waals surface area contributed by atoms with E-state index in [-0.39, 0.29) is 5.41 Å². The fraction of sp³-hybridized carbons (Fsp3) is 0.333. The van der Waals surface area contributed by atoms with E-state index < -0.39 is 0 Å². The van der Waals surface area contributed by atoms with Crippen molar-refractivity contribution in [1.82, 2.24) is 9.97 Å². The van der Waals surface area contributed by atoms with Gasteiger partial charge in [-0.2, -0.15) is 0 Å². The lowest BCUT2D eigenvalue weighted by Gasteiger charge is -2.20. The lowest BCUT2D eigenvalue weighted by atomic mass is 9.95. The molecule has 0 fully saturated rings. The molecule has 2 aromatic rings. The normalized spacial score (nSPS) is 11.5. The van der Waals surface area contributed by atoms with Gasteiger partial charge in [-0.3, -0.25) is 0 Å². The van der Waals surface area contributed by atoms with Crippen LogP contribution in [-0.4, -0.2) is 9.97 Å². The van der Waals surface area contributed by atoms with Crippen LogP contribution in [-0.2, 0) is 5.41 Å². The molecular formula is C15H18ClIN4. The van der Waals surface area contributed by atoms with E-state index in [0.29, 0.717) is 10.8 Å². The summed E-state index contributed by atoms with van der Waals surface area (Å²) in [6, 6.07) is 5.67. The van der Waals surface area contributed by atoms with Crippen molar-refractivity contribution in [2.45, 2.75) is 33.1 Å². The molecule has 0 amide bonds.